The Balaban J connectivity index is 1.38. The van der Waals surface area contributed by atoms with Crippen LogP contribution in [0.4, 0.5) is 17.1 Å². The van der Waals surface area contributed by atoms with Crippen LogP contribution in [-0.4, -0.2) is 19.9 Å². The minimum Gasteiger partial charge on any atom is -0.306 e. The molecule has 0 saturated carbocycles. The van der Waals surface area contributed by atoms with Crippen molar-refractivity contribution in [1.82, 2.24) is 19.9 Å². The summed E-state index contributed by atoms with van der Waals surface area (Å²) >= 11 is 0. The zero-order chi connectivity index (χ0) is 27.2. The van der Waals surface area contributed by atoms with Gasteiger partial charge in [0.1, 0.15) is 6.33 Å². The summed E-state index contributed by atoms with van der Waals surface area (Å²) in [6, 6.07) is 43.8. The largest absolute Gasteiger partial charge is 0.306 e. The summed E-state index contributed by atoms with van der Waals surface area (Å²) in [7, 11) is 0. The lowest BCUT2D eigenvalue weighted by molar-refractivity contribution is 1.13. The van der Waals surface area contributed by atoms with E-state index < -0.39 is 0 Å². The van der Waals surface area contributed by atoms with Crippen LogP contribution in [0.15, 0.2) is 140 Å². The molecule has 192 valence electrons. The maximum atomic E-state index is 5.09. The van der Waals surface area contributed by atoms with Gasteiger partial charge in [0, 0.05) is 33.3 Å². The molecule has 0 bridgehead atoms. The molecule has 0 saturated heterocycles. The summed E-state index contributed by atoms with van der Waals surface area (Å²) in [6.07, 6.45) is 3.51. The van der Waals surface area contributed by atoms with E-state index in [1.807, 2.05) is 48.7 Å². The fourth-order valence-electron chi connectivity index (χ4n) is 5.68. The molecule has 0 aliphatic carbocycles. The molecule has 0 amide bonds. The van der Waals surface area contributed by atoms with Gasteiger partial charge in [-0.1, -0.05) is 91.0 Å². The number of hydrogen-bond acceptors (Lipinski definition) is 5. The van der Waals surface area contributed by atoms with E-state index in [2.05, 4.69) is 94.8 Å². The molecule has 3 heterocycles. The van der Waals surface area contributed by atoms with Crippen molar-refractivity contribution in [2.45, 2.75) is 0 Å². The van der Waals surface area contributed by atoms with Gasteiger partial charge in [0.25, 0.3) is 0 Å². The first kappa shape index (κ1) is 23.2. The summed E-state index contributed by atoms with van der Waals surface area (Å²) in [4.78, 5) is 21.6. The van der Waals surface area contributed by atoms with E-state index in [1.165, 1.54) is 0 Å². The van der Waals surface area contributed by atoms with Crippen LogP contribution < -0.4 is 4.90 Å². The number of aromatic nitrogens is 4. The van der Waals surface area contributed by atoms with Crippen LogP contribution in [0.25, 0.3) is 55.9 Å². The minimum absolute atomic E-state index is 0.676. The summed E-state index contributed by atoms with van der Waals surface area (Å²) in [5.74, 6) is 0.676. The third-order valence-electron chi connectivity index (χ3n) is 7.52. The standard InChI is InChI=1S/C36H23N5/c1-4-11-24(12-5-1)30-21-31(25-13-6-2-7-14-25)40-36(39-30)27-19-26-15-10-18-32-34(26)29(20-27)35-33(22-37-23-38-35)41(32)28-16-8-3-9-17-28/h1-23H. The van der Waals surface area contributed by atoms with Crippen molar-refractivity contribution in [2.75, 3.05) is 4.90 Å². The lowest BCUT2D eigenvalue weighted by atomic mass is 9.92. The molecule has 5 aromatic carbocycles. The molecule has 0 spiro atoms. The molecule has 5 nitrogen and oxygen atoms in total. The normalized spacial score (nSPS) is 11.9. The van der Waals surface area contributed by atoms with Gasteiger partial charge in [0.05, 0.1) is 34.7 Å². The predicted molar refractivity (Wildman–Crippen MR) is 165 cm³/mol. The second-order valence-electron chi connectivity index (χ2n) is 10.0. The number of nitrogens with zero attached hydrogens (tertiary/aromatic N) is 5. The number of fused-ring (bicyclic) bond motifs is 2. The van der Waals surface area contributed by atoms with Crippen LogP contribution >= 0.6 is 0 Å². The Morgan fingerprint density at radius 1 is 0.537 bits per heavy atom. The van der Waals surface area contributed by atoms with E-state index in [0.717, 1.165) is 67.2 Å². The van der Waals surface area contributed by atoms with Crippen molar-refractivity contribution < 1.29 is 0 Å². The molecule has 0 N–H and O–H groups in total. The lowest BCUT2D eigenvalue weighted by Crippen LogP contribution is -2.16. The summed E-state index contributed by atoms with van der Waals surface area (Å²) < 4.78 is 0. The van der Waals surface area contributed by atoms with Crippen molar-refractivity contribution in [3.8, 4) is 45.2 Å². The molecule has 0 radical (unpaired) electrons. The van der Waals surface area contributed by atoms with Crippen molar-refractivity contribution >= 4 is 27.8 Å². The summed E-state index contributed by atoms with van der Waals surface area (Å²) in [6.45, 7) is 0. The average molecular weight is 526 g/mol. The first-order valence-corrected chi connectivity index (χ1v) is 13.6. The van der Waals surface area contributed by atoms with Gasteiger partial charge in [-0.25, -0.2) is 19.9 Å². The zero-order valence-electron chi connectivity index (χ0n) is 22.0. The highest BCUT2D eigenvalue weighted by Crippen LogP contribution is 2.50. The molecular weight excluding hydrogens is 502 g/mol. The Hall–Kier alpha value is -5.68. The van der Waals surface area contributed by atoms with Crippen molar-refractivity contribution in [2.24, 2.45) is 0 Å². The van der Waals surface area contributed by atoms with E-state index in [1.54, 1.807) is 6.33 Å². The van der Waals surface area contributed by atoms with Gasteiger partial charge in [0.15, 0.2) is 5.82 Å². The van der Waals surface area contributed by atoms with Crippen LogP contribution in [0.5, 0.6) is 0 Å². The monoisotopic (exact) mass is 525 g/mol. The quantitative estimate of drug-likeness (QED) is 0.230. The Kier molecular flexibility index (Phi) is 5.38. The van der Waals surface area contributed by atoms with E-state index in [0.29, 0.717) is 5.82 Å². The number of para-hydroxylation sites is 1. The van der Waals surface area contributed by atoms with Gasteiger partial charge in [0.2, 0.25) is 0 Å². The van der Waals surface area contributed by atoms with Gasteiger partial charge in [-0.15, -0.1) is 0 Å². The average Bonchev–Trinajstić information content (AvgIpc) is 3.06. The molecular formula is C36H23N5. The Labute approximate surface area is 237 Å². The first-order chi connectivity index (χ1) is 20.3. The maximum absolute atomic E-state index is 5.09. The van der Waals surface area contributed by atoms with Crippen LogP contribution in [0.1, 0.15) is 0 Å². The number of hydrogen-bond donors (Lipinski definition) is 0. The van der Waals surface area contributed by atoms with Crippen LogP contribution in [0.2, 0.25) is 0 Å². The molecule has 1 aliphatic rings. The maximum Gasteiger partial charge on any atom is 0.160 e. The molecule has 0 fully saturated rings. The highest BCUT2D eigenvalue weighted by atomic mass is 15.2. The molecule has 7 aromatic rings. The van der Waals surface area contributed by atoms with E-state index in [9.17, 15) is 0 Å². The molecule has 8 rings (SSSR count). The fourth-order valence-corrected chi connectivity index (χ4v) is 5.68. The topological polar surface area (TPSA) is 54.8 Å². The minimum atomic E-state index is 0.676. The lowest BCUT2D eigenvalue weighted by Gasteiger charge is -2.32. The van der Waals surface area contributed by atoms with E-state index in [4.69, 9.17) is 15.0 Å². The van der Waals surface area contributed by atoms with Gasteiger partial charge < -0.3 is 4.90 Å². The first-order valence-electron chi connectivity index (χ1n) is 13.6. The molecule has 0 unspecified atom stereocenters. The Morgan fingerprint density at radius 3 is 1.88 bits per heavy atom. The van der Waals surface area contributed by atoms with E-state index >= 15 is 0 Å². The summed E-state index contributed by atoms with van der Waals surface area (Å²) in [5, 5.41) is 2.25. The van der Waals surface area contributed by atoms with Gasteiger partial charge in [-0.3, -0.25) is 0 Å². The van der Waals surface area contributed by atoms with Crippen LogP contribution in [0, 0.1) is 0 Å². The SMILES string of the molecule is c1ccc(-c2cc(-c3ccccc3)nc(-c3cc4c5c(cccc5c3)N(c3ccccc3)c3cncnc3-4)n2)cc1. The molecule has 0 atom stereocenters. The van der Waals surface area contributed by atoms with E-state index in [-0.39, 0.29) is 0 Å². The molecule has 1 aliphatic heterocycles. The Morgan fingerprint density at radius 2 is 1.20 bits per heavy atom. The second-order valence-corrected chi connectivity index (χ2v) is 10.0. The predicted octanol–water partition coefficient (Wildman–Crippen LogP) is 8.87. The molecule has 41 heavy (non-hydrogen) atoms. The highest BCUT2D eigenvalue weighted by Gasteiger charge is 2.28. The number of rotatable bonds is 4. The second kappa shape index (κ2) is 9.50. The van der Waals surface area contributed by atoms with Gasteiger partial charge in [-0.2, -0.15) is 0 Å². The number of anilines is 3. The van der Waals surface area contributed by atoms with Gasteiger partial charge in [-0.05, 0) is 41.8 Å². The zero-order valence-corrected chi connectivity index (χ0v) is 22.0. The fraction of sp³-hybridized carbons (Fsp3) is 0. The van der Waals surface area contributed by atoms with Crippen molar-refractivity contribution in [1.29, 1.82) is 0 Å². The van der Waals surface area contributed by atoms with Crippen molar-refractivity contribution in [3.05, 3.63) is 140 Å². The molecule has 2 aromatic heterocycles. The third kappa shape index (κ3) is 3.95. The summed E-state index contributed by atoms with van der Waals surface area (Å²) in [5.41, 5.74) is 9.86. The molecule has 5 heteroatoms. The van der Waals surface area contributed by atoms with Crippen LogP contribution in [0.3, 0.4) is 0 Å². The smallest absolute Gasteiger partial charge is 0.160 e. The van der Waals surface area contributed by atoms with Crippen LogP contribution in [-0.2, 0) is 0 Å². The Bertz CT molecular complexity index is 1980. The third-order valence-corrected chi connectivity index (χ3v) is 7.52. The number of benzene rings is 5. The van der Waals surface area contributed by atoms with Crippen molar-refractivity contribution in [3.63, 3.8) is 0 Å². The van der Waals surface area contributed by atoms with Gasteiger partial charge >= 0.3 is 0 Å². The highest BCUT2D eigenvalue weighted by molar-refractivity contribution is 6.14.